The van der Waals surface area contributed by atoms with Crippen molar-refractivity contribution < 1.29 is 13.9 Å². The lowest BCUT2D eigenvalue weighted by Gasteiger charge is -2.31. The van der Waals surface area contributed by atoms with Gasteiger partial charge in [0, 0.05) is 46.8 Å². The number of halogens is 1. The smallest absolute Gasteiger partial charge is 0.336 e. The van der Waals surface area contributed by atoms with E-state index in [0.717, 1.165) is 18.4 Å². The molecule has 1 fully saturated rings. The third-order valence-electron chi connectivity index (χ3n) is 5.46. The Balaban J connectivity index is 1.60. The molecule has 0 bridgehead atoms. The Labute approximate surface area is 184 Å². The van der Waals surface area contributed by atoms with Crippen LogP contribution < -0.4 is 10.4 Å². The molecule has 1 saturated heterocycles. The largest absolute Gasteiger partial charge is 0.481 e. The molecule has 1 aliphatic heterocycles. The standard InChI is InChI=1S/C24H21ClN2O4/c1-15(24(29)27-10-4-5-16(13-26)14-27)30-17-8-9-19-20(12-23(28)31-22(19)11-17)18-6-2-3-7-21(18)25/h2-3,6-9,11-12,15-16H,4-5,10,14H2,1H3. The number of benzene rings is 2. The zero-order valence-electron chi connectivity index (χ0n) is 17.0. The minimum absolute atomic E-state index is 0.136. The van der Waals surface area contributed by atoms with E-state index in [1.807, 2.05) is 18.2 Å². The molecule has 31 heavy (non-hydrogen) atoms. The average molecular weight is 437 g/mol. The molecule has 0 N–H and O–H groups in total. The molecule has 2 atom stereocenters. The van der Waals surface area contributed by atoms with E-state index in [-0.39, 0.29) is 11.8 Å². The molecule has 4 rings (SSSR count). The van der Waals surface area contributed by atoms with Gasteiger partial charge in [0.25, 0.3) is 5.91 Å². The van der Waals surface area contributed by atoms with Gasteiger partial charge < -0.3 is 14.1 Å². The summed E-state index contributed by atoms with van der Waals surface area (Å²) in [4.78, 5) is 26.6. The highest BCUT2D eigenvalue weighted by molar-refractivity contribution is 6.33. The van der Waals surface area contributed by atoms with Crippen molar-refractivity contribution in [2.75, 3.05) is 13.1 Å². The maximum absolute atomic E-state index is 12.8. The lowest BCUT2D eigenvalue weighted by molar-refractivity contribution is -0.139. The summed E-state index contributed by atoms with van der Waals surface area (Å²) in [6.07, 6.45) is 0.892. The fraction of sp³-hybridized carbons (Fsp3) is 0.292. The van der Waals surface area contributed by atoms with Crippen LogP contribution in [0, 0.1) is 17.2 Å². The second-order valence-corrected chi connectivity index (χ2v) is 8.04. The number of nitriles is 1. The number of rotatable bonds is 4. The number of likely N-dealkylation sites (tertiary alicyclic amines) is 1. The van der Waals surface area contributed by atoms with E-state index in [1.165, 1.54) is 6.07 Å². The first kappa shape index (κ1) is 21.0. The number of carbonyl (C=O) groups excluding carboxylic acids is 1. The molecule has 0 aliphatic carbocycles. The molecule has 2 unspecified atom stereocenters. The van der Waals surface area contributed by atoms with E-state index in [9.17, 15) is 9.59 Å². The third-order valence-corrected chi connectivity index (χ3v) is 5.79. The molecule has 0 saturated carbocycles. The van der Waals surface area contributed by atoms with Crippen LogP contribution in [0.15, 0.2) is 57.7 Å². The highest BCUT2D eigenvalue weighted by Gasteiger charge is 2.27. The summed E-state index contributed by atoms with van der Waals surface area (Å²) in [6, 6.07) is 16.1. The lowest BCUT2D eigenvalue weighted by Crippen LogP contribution is -2.45. The highest BCUT2D eigenvalue weighted by Crippen LogP contribution is 2.34. The second kappa shape index (κ2) is 8.83. The van der Waals surface area contributed by atoms with Gasteiger partial charge >= 0.3 is 5.63 Å². The van der Waals surface area contributed by atoms with E-state index >= 15 is 0 Å². The van der Waals surface area contributed by atoms with Crippen LogP contribution in [0.1, 0.15) is 19.8 Å². The van der Waals surface area contributed by atoms with E-state index in [2.05, 4.69) is 6.07 Å². The van der Waals surface area contributed by atoms with E-state index < -0.39 is 11.7 Å². The van der Waals surface area contributed by atoms with Crippen molar-refractivity contribution in [2.45, 2.75) is 25.9 Å². The Bertz CT molecular complexity index is 1230. The zero-order valence-corrected chi connectivity index (χ0v) is 17.8. The fourth-order valence-electron chi connectivity index (χ4n) is 3.91. The fourth-order valence-corrected chi connectivity index (χ4v) is 4.15. The summed E-state index contributed by atoms with van der Waals surface area (Å²) in [5.41, 5.74) is 1.25. The van der Waals surface area contributed by atoms with Gasteiger partial charge in [0.2, 0.25) is 0 Å². The first-order valence-electron chi connectivity index (χ1n) is 10.1. The average Bonchev–Trinajstić information content (AvgIpc) is 2.78. The van der Waals surface area contributed by atoms with E-state index in [4.69, 9.17) is 26.0 Å². The molecule has 1 aliphatic rings. The number of ether oxygens (including phenoxy) is 1. The summed E-state index contributed by atoms with van der Waals surface area (Å²) < 4.78 is 11.2. The van der Waals surface area contributed by atoms with Gasteiger partial charge in [-0.05, 0) is 38.0 Å². The van der Waals surface area contributed by atoms with E-state index in [0.29, 0.717) is 40.4 Å². The van der Waals surface area contributed by atoms with Crippen LogP contribution in [0.2, 0.25) is 5.02 Å². The number of fused-ring (bicyclic) bond motifs is 1. The maximum Gasteiger partial charge on any atom is 0.336 e. The molecule has 3 aromatic rings. The highest BCUT2D eigenvalue weighted by atomic mass is 35.5. The first-order valence-corrected chi connectivity index (χ1v) is 10.5. The Morgan fingerprint density at radius 2 is 2.06 bits per heavy atom. The summed E-state index contributed by atoms with van der Waals surface area (Å²) in [5.74, 6) is 0.121. The van der Waals surface area contributed by atoms with Gasteiger partial charge in [-0.25, -0.2) is 4.79 Å². The maximum atomic E-state index is 12.8. The predicted octanol–water partition coefficient (Wildman–Crippen LogP) is 4.64. The number of hydrogen-bond donors (Lipinski definition) is 0. The SMILES string of the molecule is CC(Oc1ccc2c(-c3ccccc3Cl)cc(=O)oc2c1)C(=O)N1CCCC(C#N)C1. The molecule has 1 amide bonds. The number of amides is 1. The number of piperidine rings is 1. The van der Waals surface area contributed by atoms with Crippen LogP contribution >= 0.6 is 11.6 Å². The van der Waals surface area contributed by atoms with Gasteiger partial charge in [0.15, 0.2) is 6.10 Å². The van der Waals surface area contributed by atoms with Crippen LogP contribution in [-0.4, -0.2) is 30.0 Å². The Morgan fingerprint density at radius 1 is 1.26 bits per heavy atom. The van der Waals surface area contributed by atoms with Crippen molar-refractivity contribution in [1.82, 2.24) is 4.90 Å². The summed E-state index contributed by atoms with van der Waals surface area (Å²) in [5, 5.41) is 10.4. The first-order chi connectivity index (χ1) is 15.0. The minimum atomic E-state index is -0.728. The number of nitrogens with zero attached hydrogens (tertiary/aromatic N) is 2. The van der Waals surface area contributed by atoms with Gasteiger partial charge in [-0.3, -0.25) is 4.79 Å². The molecular weight excluding hydrogens is 416 g/mol. The molecule has 158 valence electrons. The van der Waals surface area contributed by atoms with Crippen molar-refractivity contribution in [3.63, 3.8) is 0 Å². The Kier molecular flexibility index (Phi) is 5.97. The van der Waals surface area contributed by atoms with E-state index in [1.54, 1.807) is 36.1 Å². The molecule has 7 heteroatoms. The van der Waals surface area contributed by atoms with Gasteiger partial charge in [-0.2, -0.15) is 5.26 Å². The van der Waals surface area contributed by atoms with Gasteiger partial charge in [-0.15, -0.1) is 0 Å². The lowest BCUT2D eigenvalue weighted by atomic mass is 9.99. The third kappa shape index (κ3) is 4.42. The Hall–Kier alpha value is -3.30. The summed E-state index contributed by atoms with van der Waals surface area (Å²) >= 11 is 6.32. The summed E-state index contributed by atoms with van der Waals surface area (Å²) in [6.45, 7) is 2.73. The van der Waals surface area contributed by atoms with Crippen molar-refractivity contribution in [2.24, 2.45) is 5.92 Å². The van der Waals surface area contributed by atoms with Gasteiger partial charge in [-0.1, -0.05) is 29.8 Å². The van der Waals surface area contributed by atoms with Crippen molar-refractivity contribution >= 4 is 28.5 Å². The van der Waals surface area contributed by atoms with Gasteiger partial charge in [0.05, 0.1) is 12.0 Å². The Morgan fingerprint density at radius 3 is 2.84 bits per heavy atom. The zero-order chi connectivity index (χ0) is 22.0. The van der Waals surface area contributed by atoms with Crippen LogP contribution in [0.25, 0.3) is 22.1 Å². The second-order valence-electron chi connectivity index (χ2n) is 7.63. The normalized spacial score (nSPS) is 17.2. The summed E-state index contributed by atoms with van der Waals surface area (Å²) in [7, 11) is 0. The van der Waals surface area contributed by atoms with Crippen molar-refractivity contribution in [3.05, 3.63) is 64.0 Å². The van der Waals surface area contributed by atoms with Crippen LogP contribution in [-0.2, 0) is 4.79 Å². The van der Waals surface area contributed by atoms with Crippen LogP contribution in [0.3, 0.4) is 0 Å². The topological polar surface area (TPSA) is 83.5 Å². The molecular formula is C24H21ClN2O4. The predicted molar refractivity (Wildman–Crippen MR) is 118 cm³/mol. The van der Waals surface area contributed by atoms with Crippen LogP contribution in [0.5, 0.6) is 5.75 Å². The molecule has 2 heterocycles. The van der Waals surface area contributed by atoms with Gasteiger partial charge in [0.1, 0.15) is 11.3 Å². The monoisotopic (exact) mass is 436 g/mol. The molecule has 2 aromatic carbocycles. The minimum Gasteiger partial charge on any atom is -0.481 e. The molecule has 0 spiro atoms. The van der Waals surface area contributed by atoms with Crippen molar-refractivity contribution in [1.29, 1.82) is 5.26 Å². The number of carbonyl (C=O) groups is 1. The quantitative estimate of drug-likeness (QED) is 0.556. The number of hydrogen-bond acceptors (Lipinski definition) is 5. The molecule has 0 radical (unpaired) electrons. The molecule has 6 nitrogen and oxygen atoms in total. The van der Waals surface area contributed by atoms with Crippen molar-refractivity contribution in [3.8, 4) is 22.9 Å². The molecule has 1 aromatic heterocycles. The van der Waals surface area contributed by atoms with Crippen LogP contribution in [0.4, 0.5) is 0 Å².